The molecule has 1 aromatic rings. The van der Waals surface area contributed by atoms with Gasteiger partial charge in [0, 0.05) is 19.2 Å². The van der Waals surface area contributed by atoms with E-state index < -0.39 is 0 Å². The summed E-state index contributed by atoms with van der Waals surface area (Å²) in [6.07, 6.45) is 2.31. The molecule has 16 heavy (non-hydrogen) atoms. The summed E-state index contributed by atoms with van der Waals surface area (Å²) in [4.78, 5) is 11.6. The minimum Gasteiger partial charge on any atom is -0.350 e. The molecule has 1 heterocycles. The van der Waals surface area contributed by atoms with Crippen LogP contribution in [0.2, 0.25) is 0 Å². The number of nitrogens with one attached hydrogen (secondary N) is 1. The van der Waals surface area contributed by atoms with Gasteiger partial charge in [-0.15, -0.1) is 0 Å². The topological polar surface area (TPSA) is 46.9 Å². The molecule has 4 heteroatoms. The van der Waals surface area contributed by atoms with Crippen molar-refractivity contribution in [3.8, 4) is 0 Å². The Balaban J connectivity index is 2.43. The van der Waals surface area contributed by atoms with Gasteiger partial charge < -0.3 is 5.32 Å². The maximum absolute atomic E-state index is 11.6. The number of aryl methyl sites for hydroxylation is 1. The number of amides is 1. The summed E-state index contributed by atoms with van der Waals surface area (Å²) >= 11 is 0. The van der Waals surface area contributed by atoms with Crippen molar-refractivity contribution in [1.29, 1.82) is 0 Å². The third kappa shape index (κ3) is 4.04. The molecule has 1 N–H and O–H groups in total. The molecule has 0 aliphatic heterocycles. The van der Waals surface area contributed by atoms with Crippen LogP contribution in [0, 0.1) is 5.41 Å². The summed E-state index contributed by atoms with van der Waals surface area (Å²) in [5, 5.41) is 7.07. The fourth-order valence-electron chi connectivity index (χ4n) is 1.53. The van der Waals surface area contributed by atoms with Gasteiger partial charge in [0.15, 0.2) is 0 Å². The van der Waals surface area contributed by atoms with Crippen molar-refractivity contribution in [2.24, 2.45) is 5.41 Å². The number of hydrogen-bond acceptors (Lipinski definition) is 2. The van der Waals surface area contributed by atoms with Gasteiger partial charge >= 0.3 is 0 Å². The zero-order valence-corrected chi connectivity index (χ0v) is 10.6. The van der Waals surface area contributed by atoms with E-state index in [4.69, 9.17) is 0 Å². The summed E-state index contributed by atoms with van der Waals surface area (Å²) < 4.78 is 1.89. The summed E-state index contributed by atoms with van der Waals surface area (Å²) in [6.45, 7) is 9.60. The average Bonchev–Trinajstić information content (AvgIpc) is 2.59. The van der Waals surface area contributed by atoms with Crippen LogP contribution >= 0.6 is 0 Å². The van der Waals surface area contributed by atoms with E-state index in [0.29, 0.717) is 13.0 Å². The normalized spacial score (nSPS) is 11.5. The minimum atomic E-state index is 0.0368. The van der Waals surface area contributed by atoms with Gasteiger partial charge in [-0.25, -0.2) is 0 Å². The summed E-state index contributed by atoms with van der Waals surface area (Å²) in [7, 11) is 0. The highest BCUT2D eigenvalue weighted by Crippen LogP contribution is 2.17. The minimum absolute atomic E-state index is 0.0368. The molecule has 90 valence electrons. The van der Waals surface area contributed by atoms with Crippen LogP contribution < -0.4 is 5.32 Å². The van der Waals surface area contributed by atoms with Crippen molar-refractivity contribution in [3.63, 3.8) is 0 Å². The fourth-order valence-corrected chi connectivity index (χ4v) is 1.53. The molecule has 0 bridgehead atoms. The molecule has 0 saturated carbocycles. The van der Waals surface area contributed by atoms with Crippen LogP contribution in [0.15, 0.2) is 12.3 Å². The Morgan fingerprint density at radius 3 is 2.75 bits per heavy atom. The van der Waals surface area contributed by atoms with Crippen molar-refractivity contribution in [2.75, 3.05) is 0 Å². The Kier molecular flexibility index (Phi) is 4.10. The van der Waals surface area contributed by atoms with Gasteiger partial charge in [0.1, 0.15) is 0 Å². The summed E-state index contributed by atoms with van der Waals surface area (Å²) in [5.74, 6) is 0.0938. The van der Waals surface area contributed by atoms with E-state index in [0.717, 1.165) is 12.2 Å². The fraction of sp³-hybridized carbons (Fsp3) is 0.667. The molecule has 0 saturated heterocycles. The molecular formula is C12H21N3O. The molecule has 0 radical (unpaired) electrons. The monoisotopic (exact) mass is 223 g/mol. The maximum atomic E-state index is 11.6. The molecule has 0 unspecified atom stereocenters. The highest BCUT2D eigenvalue weighted by molar-refractivity contribution is 5.76. The molecule has 0 aromatic carbocycles. The van der Waals surface area contributed by atoms with Gasteiger partial charge in [0.2, 0.25) is 5.91 Å². The first-order chi connectivity index (χ1) is 7.42. The zero-order chi connectivity index (χ0) is 12.2. The van der Waals surface area contributed by atoms with Crippen molar-refractivity contribution in [2.45, 2.75) is 47.2 Å². The maximum Gasteiger partial charge on any atom is 0.220 e. The summed E-state index contributed by atoms with van der Waals surface area (Å²) in [6, 6.07) is 1.93. The van der Waals surface area contributed by atoms with Gasteiger partial charge in [0.25, 0.3) is 0 Å². The van der Waals surface area contributed by atoms with Gasteiger partial charge in [-0.2, -0.15) is 5.10 Å². The van der Waals surface area contributed by atoms with E-state index in [2.05, 4.69) is 31.2 Å². The van der Waals surface area contributed by atoms with Crippen LogP contribution in [-0.4, -0.2) is 15.7 Å². The van der Waals surface area contributed by atoms with Gasteiger partial charge in [-0.1, -0.05) is 20.8 Å². The average molecular weight is 223 g/mol. The van der Waals surface area contributed by atoms with E-state index in [9.17, 15) is 4.79 Å². The molecule has 0 aliphatic rings. The SMILES string of the molecule is CCn1nccc1CNC(=O)CC(C)(C)C. The van der Waals surface area contributed by atoms with Crippen LogP contribution in [0.25, 0.3) is 0 Å². The molecule has 4 nitrogen and oxygen atoms in total. The molecule has 0 atom stereocenters. The summed E-state index contributed by atoms with van der Waals surface area (Å²) in [5.41, 5.74) is 1.08. The molecule has 1 aromatic heterocycles. The van der Waals surface area contributed by atoms with Crippen LogP contribution in [0.1, 0.15) is 39.8 Å². The smallest absolute Gasteiger partial charge is 0.220 e. The zero-order valence-electron chi connectivity index (χ0n) is 10.6. The number of nitrogens with zero attached hydrogens (tertiary/aromatic N) is 2. The third-order valence-corrected chi connectivity index (χ3v) is 2.26. The highest BCUT2D eigenvalue weighted by atomic mass is 16.1. The van der Waals surface area contributed by atoms with Crippen molar-refractivity contribution < 1.29 is 4.79 Å². The first-order valence-corrected chi connectivity index (χ1v) is 5.70. The van der Waals surface area contributed by atoms with E-state index in [-0.39, 0.29) is 11.3 Å². The van der Waals surface area contributed by atoms with Crippen molar-refractivity contribution in [1.82, 2.24) is 15.1 Å². The number of aromatic nitrogens is 2. The predicted octanol–water partition coefficient (Wildman–Crippen LogP) is 1.96. The number of carbonyl (C=O) groups excluding carboxylic acids is 1. The van der Waals surface area contributed by atoms with E-state index >= 15 is 0 Å². The Labute approximate surface area is 97.0 Å². The first kappa shape index (κ1) is 12.7. The number of rotatable bonds is 4. The van der Waals surface area contributed by atoms with Gasteiger partial charge in [-0.05, 0) is 18.4 Å². The molecule has 1 amide bonds. The lowest BCUT2D eigenvalue weighted by Gasteiger charge is -2.17. The van der Waals surface area contributed by atoms with E-state index in [1.54, 1.807) is 6.20 Å². The van der Waals surface area contributed by atoms with Crippen LogP contribution in [0.4, 0.5) is 0 Å². The predicted molar refractivity (Wildman–Crippen MR) is 63.8 cm³/mol. The molecule has 0 spiro atoms. The van der Waals surface area contributed by atoms with E-state index in [1.807, 2.05) is 17.7 Å². The standard InChI is InChI=1S/C12H21N3O/c1-5-15-10(6-7-14-15)9-13-11(16)8-12(2,3)4/h6-7H,5,8-9H2,1-4H3,(H,13,16). The lowest BCUT2D eigenvalue weighted by atomic mass is 9.92. The second kappa shape index (κ2) is 5.14. The van der Waals surface area contributed by atoms with Crippen LogP contribution in [-0.2, 0) is 17.9 Å². The third-order valence-electron chi connectivity index (χ3n) is 2.26. The van der Waals surface area contributed by atoms with Gasteiger partial charge in [-0.3, -0.25) is 9.48 Å². The molecular weight excluding hydrogens is 202 g/mol. The van der Waals surface area contributed by atoms with Crippen LogP contribution in [0.5, 0.6) is 0 Å². The Morgan fingerprint density at radius 1 is 1.50 bits per heavy atom. The number of hydrogen-bond donors (Lipinski definition) is 1. The van der Waals surface area contributed by atoms with Crippen molar-refractivity contribution in [3.05, 3.63) is 18.0 Å². The van der Waals surface area contributed by atoms with Crippen molar-refractivity contribution >= 4 is 5.91 Å². The van der Waals surface area contributed by atoms with E-state index in [1.165, 1.54) is 0 Å². The lowest BCUT2D eigenvalue weighted by molar-refractivity contribution is -0.123. The van der Waals surface area contributed by atoms with Gasteiger partial charge in [0.05, 0.1) is 12.2 Å². The first-order valence-electron chi connectivity index (χ1n) is 5.70. The van der Waals surface area contributed by atoms with Crippen LogP contribution in [0.3, 0.4) is 0 Å². The Bertz CT molecular complexity index is 349. The molecule has 0 aliphatic carbocycles. The number of carbonyl (C=O) groups is 1. The molecule has 0 fully saturated rings. The second-order valence-electron chi connectivity index (χ2n) is 5.15. The Morgan fingerprint density at radius 2 is 2.19 bits per heavy atom. The largest absolute Gasteiger partial charge is 0.350 e. The quantitative estimate of drug-likeness (QED) is 0.848. The second-order valence-corrected chi connectivity index (χ2v) is 5.15. The highest BCUT2D eigenvalue weighted by Gasteiger charge is 2.15. The lowest BCUT2D eigenvalue weighted by Crippen LogP contribution is -2.28. The Hall–Kier alpha value is -1.32. The molecule has 1 rings (SSSR count).